The molecular weight excluding hydrogens is 224 g/mol. The minimum Gasteiger partial charge on any atom is -0.508 e. The Bertz CT molecular complexity index is 524. The molecule has 3 rings (SSSR count). The lowest BCUT2D eigenvalue weighted by Gasteiger charge is -2.18. The monoisotopic (exact) mass is 244 g/mol. The van der Waals surface area contributed by atoms with E-state index in [0.29, 0.717) is 5.75 Å². The van der Waals surface area contributed by atoms with E-state index in [1.807, 2.05) is 6.07 Å². The van der Waals surface area contributed by atoms with Crippen LogP contribution >= 0.6 is 0 Å². The maximum atomic E-state index is 9.47. The third kappa shape index (κ3) is 2.51. The molecule has 0 amide bonds. The van der Waals surface area contributed by atoms with Crippen molar-refractivity contribution in [1.29, 1.82) is 0 Å². The predicted octanol–water partition coefficient (Wildman–Crippen LogP) is 3.25. The summed E-state index contributed by atoms with van der Waals surface area (Å²) in [4.78, 5) is 5.93. The number of nitrogens with one attached hydrogen (secondary N) is 1. The summed E-state index contributed by atoms with van der Waals surface area (Å²) in [6.45, 7) is 3.41. The Morgan fingerprint density at radius 3 is 2.61 bits per heavy atom. The van der Waals surface area contributed by atoms with E-state index >= 15 is 0 Å². The molecule has 1 fully saturated rings. The molecule has 0 spiro atoms. The number of phenolic OH excluding ortho intramolecular Hbond substituents is 1. The van der Waals surface area contributed by atoms with Crippen LogP contribution in [0, 0.1) is 0 Å². The fourth-order valence-corrected chi connectivity index (χ4v) is 2.80. The highest BCUT2D eigenvalue weighted by Crippen LogP contribution is 2.21. The Morgan fingerprint density at radius 1 is 1.06 bits per heavy atom. The molecule has 2 N–H and O–H groups in total. The number of fused-ring (bicyclic) bond motifs is 1. The lowest BCUT2D eigenvalue weighted by atomic mass is 10.2. The highest BCUT2D eigenvalue weighted by Gasteiger charge is 2.10. The van der Waals surface area contributed by atoms with E-state index in [1.54, 1.807) is 12.1 Å². The summed E-state index contributed by atoms with van der Waals surface area (Å²) in [5.74, 6) is 0.325. The molecule has 18 heavy (non-hydrogen) atoms. The van der Waals surface area contributed by atoms with Crippen molar-refractivity contribution in [2.75, 3.05) is 13.1 Å². The van der Waals surface area contributed by atoms with Crippen LogP contribution in [0.4, 0.5) is 0 Å². The molecule has 1 aliphatic rings. The number of aromatic amines is 1. The summed E-state index contributed by atoms with van der Waals surface area (Å²) < 4.78 is 0. The Morgan fingerprint density at radius 2 is 1.83 bits per heavy atom. The van der Waals surface area contributed by atoms with E-state index in [4.69, 9.17) is 0 Å². The Labute approximate surface area is 107 Å². The molecular formula is C15H20N2O. The Kier molecular flexibility index (Phi) is 3.24. The molecule has 1 aromatic heterocycles. The van der Waals surface area contributed by atoms with Crippen LogP contribution in [-0.4, -0.2) is 28.1 Å². The molecule has 0 aliphatic carbocycles. The molecule has 0 saturated carbocycles. The van der Waals surface area contributed by atoms with Crippen molar-refractivity contribution in [3.8, 4) is 5.75 Å². The quantitative estimate of drug-likeness (QED) is 0.851. The molecule has 0 radical (unpaired) electrons. The first-order chi connectivity index (χ1) is 8.81. The van der Waals surface area contributed by atoms with Gasteiger partial charge in [0, 0.05) is 23.8 Å². The number of H-pyrrole nitrogens is 1. The first kappa shape index (κ1) is 11.6. The van der Waals surface area contributed by atoms with Crippen molar-refractivity contribution in [2.24, 2.45) is 0 Å². The van der Waals surface area contributed by atoms with Crippen LogP contribution in [0.5, 0.6) is 5.75 Å². The van der Waals surface area contributed by atoms with E-state index < -0.39 is 0 Å². The number of hydrogen-bond donors (Lipinski definition) is 2. The second kappa shape index (κ2) is 5.02. The second-order valence-corrected chi connectivity index (χ2v) is 5.26. The normalized spacial score (nSPS) is 18.0. The van der Waals surface area contributed by atoms with Crippen molar-refractivity contribution in [1.82, 2.24) is 9.88 Å². The van der Waals surface area contributed by atoms with Gasteiger partial charge < -0.3 is 10.1 Å². The lowest BCUT2D eigenvalue weighted by Crippen LogP contribution is -2.24. The number of nitrogens with zero attached hydrogens (tertiary/aromatic N) is 1. The molecule has 1 aromatic carbocycles. The molecule has 3 heteroatoms. The molecule has 96 valence electrons. The van der Waals surface area contributed by atoms with E-state index in [0.717, 1.165) is 12.1 Å². The molecule has 1 aliphatic heterocycles. The van der Waals surface area contributed by atoms with Gasteiger partial charge in [0.15, 0.2) is 0 Å². The number of phenols is 1. The zero-order valence-electron chi connectivity index (χ0n) is 10.7. The number of rotatable bonds is 2. The molecule has 2 heterocycles. The average molecular weight is 244 g/mol. The number of aromatic nitrogens is 1. The molecule has 0 unspecified atom stereocenters. The highest BCUT2D eigenvalue weighted by atomic mass is 16.3. The first-order valence-electron chi connectivity index (χ1n) is 6.84. The minimum atomic E-state index is 0.325. The van der Waals surface area contributed by atoms with E-state index in [2.05, 4.69) is 16.0 Å². The first-order valence-corrected chi connectivity index (χ1v) is 6.84. The number of benzene rings is 1. The average Bonchev–Trinajstić information content (AvgIpc) is 2.57. The fourth-order valence-electron chi connectivity index (χ4n) is 2.80. The summed E-state index contributed by atoms with van der Waals surface area (Å²) in [6, 6.07) is 7.69. The number of hydrogen-bond acceptors (Lipinski definition) is 2. The summed E-state index contributed by atoms with van der Waals surface area (Å²) in [6.07, 6.45) is 5.39. The Balaban J connectivity index is 1.77. The molecule has 1 saturated heterocycles. The van der Waals surface area contributed by atoms with E-state index in [-0.39, 0.29) is 0 Å². The largest absolute Gasteiger partial charge is 0.508 e. The summed E-state index contributed by atoms with van der Waals surface area (Å²) in [7, 11) is 0. The predicted molar refractivity (Wildman–Crippen MR) is 73.7 cm³/mol. The summed E-state index contributed by atoms with van der Waals surface area (Å²) in [5.41, 5.74) is 2.28. The highest BCUT2D eigenvalue weighted by molar-refractivity contribution is 5.81. The third-order valence-corrected chi connectivity index (χ3v) is 3.75. The number of aromatic hydroxyl groups is 1. The maximum Gasteiger partial charge on any atom is 0.117 e. The van der Waals surface area contributed by atoms with Crippen molar-refractivity contribution >= 4 is 10.9 Å². The van der Waals surface area contributed by atoms with Crippen molar-refractivity contribution in [3.63, 3.8) is 0 Å². The topological polar surface area (TPSA) is 39.3 Å². The van der Waals surface area contributed by atoms with Crippen LogP contribution in [0.25, 0.3) is 10.9 Å². The van der Waals surface area contributed by atoms with Gasteiger partial charge in [0.25, 0.3) is 0 Å². The van der Waals surface area contributed by atoms with Crippen LogP contribution < -0.4 is 0 Å². The van der Waals surface area contributed by atoms with Gasteiger partial charge in [-0.3, -0.25) is 4.90 Å². The zero-order chi connectivity index (χ0) is 12.4. The van der Waals surface area contributed by atoms with Gasteiger partial charge in [-0.25, -0.2) is 0 Å². The Hall–Kier alpha value is -1.48. The fraction of sp³-hybridized carbons (Fsp3) is 0.467. The lowest BCUT2D eigenvalue weighted by molar-refractivity contribution is 0.274. The molecule has 2 aromatic rings. The van der Waals surface area contributed by atoms with Gasteiger partial charge >= 0.3 is 0 Å². The van der Waals surface area contributed by atoms with Gasteiger partial charge in [-0.05, 0) is 49.5 Å². The molecule has 0 atom stereocenters. The van der Waals surface area contributed by atoms with Crippen LogP contribution in [0.1, 0.15) is 31.4 Å². The number of likely N-dealkylation sites (tertiary alicyclic amines) is 1. The van der Waals surface area contributed by atoms with Crippen LogP contribution in [0.15, 0.2) is 24.3 Å². The van der Waals surface area contributed by atoms with Gasteiger partial charge in [0.05, 0.1) is 0 Å². The van der Waals surface area contributed by atoms with E-state index in [1.165, 1.54) is 49.9 Å². The molecule has 3 nitrogen and oxygen atoms in total. The van der Waals surface area contributed by atoms with Gasteiger partial charge in [0.2, 0.25) is 0 Å². The van der Waals surface area contributed by atoms with Crippen molar-refractivity contribution in [3.05, 3.63) is 30.0 Å². The van der Waals surface area contributed by atoms with Gasteiger partial charge in [-0.2, -0.15) is 0 Å². The van der Waals surface area contributed by atoms with Gasteiger partial charge in [-0.1, -0.05) is 12.8 Å². The van der Waals surface area contributed by atoms with Crippen LogP contribution in [0.3, 0.4) is 0 Å². The third-order valence-electron chi connectivity index (χ3n) is 3.75. The zero-order valence-corrected chi connectivity index (χ0v) is 10.7. The van der Waals surface area contributed by atoms with Crippen molar-refractivity contribution in [2.45, 2.75) is 32.2 Å². The standard InChI is InChI=1S/C15H20N2O/c18-14-6-5-12-9-13(16-15(12)10-14)11-17-7-3-1-2-4-8-17/h5-6,9-10,16,18H,1-4,7-8,11H2. The van der Waals surface area contributed by atoms with Crippen LogP contribution in [-0.2, 0) is 6.54 Å². The van der Waals surface area contributed by atoms with E-state index in [9.17, 15) is 5.11 Å². The SMILES string of the molecule is Oc1ccc2cc(CN3CCCCCC3)[nH]c2c1. The van der Waals surface area contributed by atoms with Gasteiger partial charge in [-0.15, -0.1) is 0 Å². The maximum absolute atomic E-state index is 9.47. The van der Waals surface area contributed by atoms with Crippen LogP contribution in [0.2, 0.25) is 0 Å². The van der Waals surface area contributed by atoms with Crippen molar-refractivity contribution < 1.29 is 5.11 Å². The van der Waals surface area contributed by atoms with Gasteiger partial charge in [0.1, 0.15) is 5.75 Å². The summed E-state index contributed by atoms with van der Waals surface area (Å²) >= 11 is 0. The second-order valence-electron chi connectivity index (χ2n) is 5.26. The minimum absolute atomic E-state index is 0.325. The summed E-state index contributed by atoms with van der Waals surface area (Å²) in [5, 5.41) is 10.6. The molecule has 0 bridgehead atoms. The smallest absolute Gasteiger partial charge is 0.117 e.